The average Bonchev–Trinajstić information content (AvgIpc) is 3.18. The molecule has 2 aliphatic heterocycles. The Morgan fingerprint density at radius 3 is 2.66 bits per heavy atom. The van der Waals surface area contributed by atoms with Gasteiger partial charge in [-0.05, 0) is 30.5 Å². The molecule has 2 unspecified atom stereocenters. The molecule has 2 aliphatic rings. The van der Waals surface area contributed by atoms with Crippen LogP contribution in [0.15, 0.2) is 65.5 Å². The first-order chi connectivity index (χ1) is 14.3. The van der Waals surface area contributed by atoms with Gasteiger partial charge in [0.05, 0.1) is 0 Å². The molecule has 0 N–H and O–H groups in total. The van der Waals surface area contributed by atoms with Crippen molar-refractivity contribution in [3.63, 3.8) is 0 Å². The van der Waals surface area contributed by atoms with Crippen molar-refractivity contribution < 1.29 is 0 Å². The van der Waals surface area contributed by atoms with Crippen LogP contribution in [0.1, 0.15) is 18.0 Å². The quantitative estimate of drug-likeness (QED) is 0.531. The van der Waals surface area contributed by atoms with Gasteiger partial charge in [0, 0.05) is 42.9 Å². The summed E-state index contributed by atoms with van der Waals surface area (Å²) in [5, 5.41) is 13.5. The number of pyridine rings is 1. The maximum Gasteiger partial charge on any atom is 0.250 e. The lowest BCUT2D eigenvalue weighted by atomic mass is 9.83. The van der Waals surface area contributed by atoms with Gasteiger partial charge in [-0.15, -0.1) is 15.3 Å². The topological polar surface area (TPSA) is 68.3 Å². The Hall–Kier alpha value is -3.48. The largest absolute Gasteiger partial charge is 0.354 e. The summed E-state index contributed by atoms with van der Waals surface area (Å²) in [5.41, 5.74) is 2.99. The van der Waals surface area contributed by atoms with Crippen LogP contribution in [0, 0.1) is 5.92 Å². The zero-order valence-corrected chi connectivity index (χ0v) is 15.8. The Kier molecular flexibility index (Phi) is 3.56. The Morgan fingerprint density at radius 2 is 1.76 bits per heavy atom. The van der Waals surface area contributed by atoms with Gasteiger partial charge in [0.2, 0.25) is 0 Å². The minimum atomic E-state index is 0.113. The number of rotatable bonds is 2. The molecule has 144 valence electrons. The van der Waals surface area contributed by atoms with Crippen molar-refractivity contribution in [2.45, 2.75) is 18.9 Å². The highest BCUT2D eigenvalue weighted by atomic mass is 16.1. The smallest absolute Gasteiger partial charge is 0.250 e. The predicted molar refractivity (Wildman–Crippen MR) is 110 cm³/mol. The molecular weight excluding hydrogens is 364 g/mol. The van der Waals surface area contributed by atoms with Crippen LogP contribution in [0.25, 0.3) is 17.0 Å². The predicted octanol–water partition coefficient (Wildman–Crippen LogP) is 2.58. The van der Waals surface area contributed by atoms with Gasteiger partial charge in [0.1, 0.15) is 5.82 Å². The highest BCUT2D eigenvalue weighted by Gasteiger charge is 2.35. The highest BCUT2D eigenvalue weighted by Crippen LogP contribution is 2.36. The van der Waals surface area contributed by atoms with Crippen LogP contribution in [0.4, 0.5) is 5.82 Å². The van der Waals surface area contributed by atoms with E-state index < -0.39 is 0 Å². The Labute approximate surface area is 167 Å². The summed E-state index contributed by atoms with van der Waals surface area (Å²) < 4.78 is 3.79. The second-order valence-electron chi connectivity index (χ2n) is 7.95. The number of benzene rings is 1. The molecule has 7 nitrogen and oxygen atoms in total. The van der Waals surface area contributed by atoms with E-state index in [1.54, 1.807) is 6.07 Å². The van der Waals surface area contributed by atoms with E-state index in [4.69, 9.17) is 5.10 Å². The van der Waals surface area contributed by atoms with Crippen molar-refractivity contribution >= 4 is 11.5 Å². The van der Waals surface area contributed by atoms with E-state index >= 15 is 0 Å². The van der Waals surface area contributed by atoms with E-state index in [9.17, 15) is 4.79 Å². The number of hydrogen-bond acceptors (Lipinski definition) is 5. The first-order valence-corrected chi connectivity index (χ1v) is 9.99. The summed E-state index contributed by atoms with van der Waals surface area (Å²) in [7, 11) is 0. The molecule has 29 heavy (non-hydrogen) atoms. The highest BCUT2D eigenvalue weighted by molar-refractivity contribution is 5.59. The van der Waals surface area contributed by atoms with Gasteiger partial charge >= 0.3 is 0 Å². The van der Waals surface area contributed by atoms with Crippen LogP contribution < -0.4 is 10.5 Å². The second kappa shape index (κ2) is 6.27. The first kappa shape index (κ1) is 16.5. The maximum atomic E-state index is 12.3. The summed E-state index contributed by atoms with van der Waals surface area (Å²) in [6.07, 6.45) is 1.13. The molecule has 5 heterocycles. The van der Waals surface area contributed by atoms with E-state index in [2.05, 4.69) is 21.2 Å². The van der Waals surface area contributed by atoms with Crippen molar-refractivity contribution in [3.05, 3.63) is 76.7 Å². The molecular formula is C22H20N6O. The van der Waals surface area contributed by atoms with Crippen LogP contribution in [0.2, 0.25) is 0 Å². The summed E-state index contributed by atoms with van der Waals surface area (Å²) in [5.74, 6) is 2.48. The van der Waals surface area contributed by atoms with E-state index in [0.717, 1.165) is 54.6 Å². The van der Waals surface area contributed by atoms with Gasteiger partial charge in [-0.1, -0.05) is 36.4 Å². The molecule has 1 aromatic carbocycles. The average molecular weight is 384 g/mol. The van der Waals surface area contributed by atoms with Gasteiger partial charge in [-0.3, -0.25) is 4.79 Å². The van der Waals surface area contributed by atoms with Gasteiger partial charge in [0.25, 0.3) is 5.56 Å². The Bertz CT molecular complexity index is 1260. The lowest BCUT2D eigenvalue weighted by Crippen LogP contribution is -2.47. The molecule has 1 saturated heterocycles. The molecule has 0 aliphatic carbocycles. The number of aromatic nitrogens is 5. The summed E-state index contributed by atoms with van der Waals surface area (Å²) in [6.45, 7) is 2.55. The summed E-state index contributed by atoms with van der Waals surface area (Å²) in [6, 6.07) is 19.6. The fourth-order valence-corrected chi connectivity index (χ4v) is 4.80. The molecule has 2 bridgehead atoms. The molecule has 1 fully saturated rings. The van der Waals surface area contributed by atoms with Gasteiger partial charge in [-0.2, -0.15) is 4.52 Å². The molecule has 3 aromatic heterocycles. The minimum absolute atomic E-state index is 0.113. The molecule has 4 aromatic rings. The van der Waals surface area contributed by atoms with Crippen molar-refractivity contribution in [1.29, 1.82) is 0 Å². The monoisotopic (exact) mass is 384 g/mol. The fourth-order valence-electron chi connectivity index (χ4n) is 4.80. The van der Waals surface area contributed by atoms with E-state index in [1.807, 2.05) is 57.6 Å². The van der Waals surface area contributed by atoms with E-state index in [-0.39, 0.29) is 5.56 Å². The number of piperidine rings is 1. The van der Waals surface area contributed by atoms with E-state index in [0.29, 0.717) is 11.8 Å². The Morgan fingerprint density at radius 1 is 0.862 bits per heavy atom. The third-order valence-corrected chi connectivity index (χ3v) is 6.08. The van der Waals surface area contributed by atoms with Crippen LogP contribution in [0.5, 0.6) is 0 Å². The minimum Gasteiger partial charge on any atom is -0.354 e. The standard InChI is InChI=1S/C22H20N6O/c29-21-8-4-7-18-17-11-15(13-27(18)21)12-26(14-17)20-10-9-19-23-24-22(28(19)25-20)16-5-2-1-3-6-16/h1-10,15,17H,11-14H2. The normalized spacial score (nSPS) is 20.6. The first-order valence-electron chi connectivity index (χ1n) is 9.99. The van der Waals surface area contributed by atoms with Crippen LogP contribution in [-0.4, -0.2) is 37.5 Å². The Balaban J connectivity index is 1.38. The van der Waals surface area contributed by atoms with Crippen LogP contribution in [0.3, 0.4) is 0 Å². The molecule has 0 spiro atoms. The van der Waals surface area contributed by atoms with Crippen LogP contribution in [-0.2, 0) is 6.54 Å². The number of nitrogens with zero attached hydrogens (tertiary/aromatic N) is 6. The van der Waals surface area contributed by atoms with Crippen molar-refractivity contribution in [2.75, 3.05) is 18.0 Å². The van der Waals surface area contributed by atoms with E-state index in [1.165, 1.54) is 0 Å². The zero-order valence-electron chi connectivity index (χ0n) is 15.8. The zero-order chi connectivity index (χ0) is 19.4. The van der Waals surface area contributed by atoms with Gasteiger partial charge in [-0.25, -0.2) is 0 Å². The van der Waals surface area contributed by atoms with Crippen molar-refractivity contribution in [3.8, 4) is 11.4 Å². The third kappa shape index (κ3) is 2.65. The number of hydrogen-bond donors (Lipinski definition) is 0. The third-order valence-electron chi connectivity index (χ3n) is 6.08. The number of anilines is 1. The molecule has 0 amide bonds. The number of fused-ring (bicyclic) bond motifs is 5. The molecule has 7 heteroatoms. The molecule has 6 rings (SSSR count). The molecule has 2 atom stereocenters. The summed E-state index contributed by atoms with van der Waals surface area (Å²) >= 11 is 0. The van der Waals surface area contributed by atoms with Crippen molar-refractivity contribution in [2.24, 2.45) is 5.92 Å². The lowest BCUT2D eigenvalue weighted by molar-refractivity contribution is 0.280. The maximum absolute atomic E-state index is 12.3. The molecule has 0 radical (unpaired) electrons. The van der Waals surface area contributed by atoms with Crippen LogP contribution >= 0.6 is 0 Å². The molecule has 0 saturated carbocycles. The van der Waals surface area contributed by atoms with Crippen molar-refractivity contribution in [1.82, 2.24) is 24.4 Å². The fraction of sp³-hybridized carbons (Fsp3) is 0.273. The SMILES string of the molecule is O=c1cccc2n1CC1CC2CN(c2ccc3nnc(-c4ccccc4)n3n2)C1. The summed E-state index contributed by atoms with van der Waals surface area (Å²) in [4.78, 5) is 14.6. The second-order valence-corrected chi connectivity index (χ2v) is 7.95. The lowest BCUT2D eigenvalue weighted by Gasteiger charge is -2.43. The van der Waals surface area contributed by atoms with Gasteiger partial charge < -0.3 is 9.47 Å². The van der Waals surface area contributed by atoms with Gasteiger partial charge in [0.15, 0.2) is 11.5 Å².